The number of fused-ring (bicyclic) bond motifs is 3. The number of aryl methyl sites for hydroxylation is 1. The van der Waals surface area contributed by atoms with Crippen LogP contribution in [0.25, 0.3) is 0 Å². The van der Waals surface area contributed by atoms with Crippen molar-refractivity contribution in [1.29, 1.82) is 0 Å². The third-order valence-corrected chi connectivity index (χ3v) is 11.7. The molecule has 3 aliphatic rings. The van der Waals surface area contributed by atoms with Crippen molar-refractivity contribution in [3.05, 3.63) is 59.3 Å². The maximum Gasteiger partial charge on any atom is 0.435 e. The van der Waals surface area contributed by atoms with Crippen molar-refractivity contribution in [2.24, 2.45) is 5.92 Å². The van der Waals surface area contributed by atoms with Crippen LogP contribution in [0.4, 0.5) is 30.7 Å². The van der Waals surface area contributed by atoms with Crippen molar-refractivity contribution >= 4 is 21.7 Å². The maximum atomic E-state index is 15.0. The highest BCUT2D eigenvalue weighted by Gasteiger charge is 2.74. The molecule has 2 atom stereocenters. The summed E-state index contributed by atoms with van der Waals surface area (Å²) >= 11 is 0. The summed E-state index contributed by atoms with van der Waals surface area (Å²) in [6.07, 6.45) is -12.9. The van der Waals surface area contributed by atoms with Crippen LogP contribution in [-0.4, -0.2) is 70.9 Å². The highest BCUT2D eigenvalue weighted by Crippen LogP contribution is 2.57. The number of carboxylic acids is 1. The van der Waals surface area contributed by atoms with Crippen molar-refractivity contribution in [3.63, 3.8) is 0 Å². The van der Waals surface area contributed by atoms with Gasteiger partial charge in [-0.1, -0.05) is 24.3 Å². The summed E-state index contributed by atoms with van der Waals surface area (Å²) in [6, 6.07) is 4.12. The van der Waals surface area contributed by atoms with Gasteiger partial charge >= 0.3 is 24.0 Å². The first-order valence-electron chi connectivity index (χ1n) is 13.7. The first kappa shape index (κ1) is 32.1. The molecule has 44 heavy (non-hydrogen) atoms. The number of sulfone groups is 1. The summed E-state index contributed by atoms with van der Waals surface area (Å²) < 4.78 is 123. The fraction of sp³-hybridized carbons (Fsp3) is 0.536. The number of rotatable bonds is 5. The van der Waals surface area contributed by atoms with Gasteiger partial charge in [-0.3, -0.25) is 9.59 Å². The number of aromatic nitrogens is 1. The number of carboxylic acid groups (broad SMARTS) is 1. The minimum absolute atomic E-state index is 0.0114. The summed E-state index contributed by atoms with van der Waals surface area (Å²) in [5.74, 6) is -2.71. The van der Waals surface area contributed by atoms with E-state index in [1.54, 1.807) is 0 Å². The average molecular weight is 653 g/mol. The Hall–Kier alpha value is -3.27. The number of alkyl halides is 7. The van der Waals surface area contributed by atoms with Crippen LogP contribution in [0.15, 0.2) is 47.6 Å². The zero-order valence-electron chi connectivity index (χ0n) is 22.8. The number of aliphatic hydroxyl groups is 1. The Morgan fingerprint density at radius 2 is 1.57 bits per heavy atom. The first-order chi connectivity index (χ1) is 20.3. The van der Waals surface area contributed by atoms with E-state index < -0.39 is 72.6 Å². The third kappa shape index (κ3) is 4.58. The Morgan fingerprint density at radius 1 is 0.932 bits per heavy atom. The molecule has 1 saturated heterocycles. The van der Waals surface area contributed by atoms with Gasteiger partial charge in [0, 0.05) is 18.3 Å². The zero-order chi connectivity index (χ0) is 32.5. The van der Waals surface area contributed by atoms with E-state index >= 15 is 0 Å². The van der Waals surface area contributed by atoms with Crippen LogP contribution in [0, 0.1) is 5.92 Å². The van der Waals surface area contributed by atoms with Crippen molar-refractivity contribution in [1.82, 2.24) is 9.88 Å². The van der Waals surface area contributed by atoms with Crippen LogP contribution in [-0.2, 0) is 36.3 Å². The number of likely N-dealkylation sites (tertiary alicyclic amines) is 1. The Balaban J connectivity index is 1.63. The molecule has 2 unspecified atom stereocenters. The van der Waals surface area contributed by atoms with Crippen molar-refractivity contribution < 1.29 is 59.0 Å². The Labute approximate surface area is 246 Å². The number of halogens is 7. The molecule has 2 heterocycles. The third-order valence-electron chi connectivity index (χ3n) is 9.28. The smallest absolute Gasteiger partial charge is 0.435 e. The van der Waals surface area contributed by atoms with Crippen molar-refractivity contribution in [2.45, 2.75) is 84.4 Å². The van der Waals surface area contributed by atoms with E-state index in [2.05, 4.69) is 4.98 Å². The molecule has 1 aliphatic heterocycles. The van der Waals surface area contributed by atoms with Gasteiger partial charge in [-0.05, 0) is 68.2 Å². The van der Waals surface area contributed by atoms with E-state index in [1.807, 2.05) is 0 Å². The lowest BCUT2D eigenvalue weighted by Gasteiger charge is -2.44. The molecule has 1 aromatic heterocycles. The lowest BCUT2D eigenvalue weighted by atomic mass is 9.75. The fourth-order valence-corrected chi connectivity index (χ4v) is 9.27. The normalized spacial score (nSPS) is 27.9. The van der Waals surface area contributed by atoms with Gasteiger partial charge in [0.15, 0.2) is 5.03 Å². The highest BCUT2D eigenvalue weighted by atomic mass is 32.2. The summed E-state index contributed by atoms with van der Waals surface area (Å²) in [5.41, 5.74) is -9.94. The van der Waals surface area contributed by atoms with Crippen LogP contribution in [0.3, 0.4) is 0 Å². The molecule has 2 aromatic rings. The van der Waals surface area contributed by atoms with Gasteiger partial charge < -0.3 is 15.1 Å². The number of hydrogen-bond donors (Lipinski definition) is 2. The molecular formula is C28H27F7N2O6S. The molecule has 2 aliphatic carbocycles. The number of carbonyl (C=O) groups is 2. The molecule has 0 radical (unpaired) electrons. The van der Waals surface area contributed by atoms with Crippen LogP contribution in [0.2, 0.25) is 0 Å². The second kappa shape index (κ2) is 10.4. The van der Waals surface area contributed by atoms with E-state index in [4.69, 9.17) is 0 Å². The lowest BCUT2D eigenvalue weighted by Crippen LogP contribution is -2.57. The molecule has 1 aromatic carbocycles. The fourth-order valence-electron chi connectivity index (χ4n) is 6.99. The zero-order valence-corrected chi connectivity index (χ0v) is 23.6. The van der Waals surface area contributed by atoms with Crippen LogP contribution >= 0.6 is 0 Å². The minimum Gasteiger partial charge on any atom is -0.481 e. The minimum atomic E-state index is -6.37. The molecule has 1 saturated carbocycles. The van der Waals surface area contributed by atoms with Gasteiger partial charge in [0.05, 0.1) is 12.0 Å². The Kier molecular flexibility index (Phi) is 7.59. The first-order valence-corrected chi connectivity index (χ1v) is 15.2. The summed E-state index contributed by atoms with van der Waals surface area (Å²) in [6.45, 7) is -0.250. The molecule has 2 N–H and O–H groups in total. The predicted octanol–water partition coefficient (Wildman–Crippen LogP) is 4.59. The number of aliphatic carboxylic acids is 1. The monoisotopic (exact) mass is 652 g/mol. The van der Waals surface area contributed by atoms with Crippen molar-refractivity contribution in [3.8, 4) is 0 Å². The summed E-state index contributed by atoms with van der Waals surface area (Å²) in [4.78, 5) is 30.3. The van der Waals surface area contributed by atoms with Gasteiger partial charge in [0.25, 0.3) is 5.91 Å². The quantitative estimate of drug-likeness (QED) is 0.453. The molecule has 5 rings (SSSR count). The Morgan fingerprint density at radius 3 is 2.11 bits per heavy atom. The molecule has 2 fully saturated rings. The van der Waals surface area contributed by atoms with Gasteiger partial charge in [0.1, 0.15) is 10.3 Å². The second-order valence-corrected chi connectivity index (χ2v) is 13.7. The molecule has 8 nitrogen and oxygen atoms in total. The topological polar surface area (TPSA) is 125 Å². The van der Waals surface area contributed by atoms with Crippen molar-refractivity contribution in [2.75, 3.05) is 6.54 Å². The number of nitrogens with zero attached hydrogens (tertiary/aromatic N) is 2. The van der Waals surface area contributed by atoms with Crippen LogP contribution in [0.5, 0.6) is 0 Å². The van der Waals surface area contributed by atoms with Crippen LogP contribution in [0.1, 0.15) is 55.2 Å². The predicted molar refractivity (Wildman–Crippen MR) is 137 cm³/mol. The Bertz CT molecular complexity index is 1560. The SMILES string of the molecule is O=C(O)C1CCC(O)(C(=O)N2CCC3(S(=O)(=O)c4ccccn4)c4ccc(C(F)(C(F)(F)F)C(F)(F)F)cc4CCC23)CC1. The van der Waals surface area contributed by atoms with E-state index in [1.165, 1.54) is 18.3 Å². The maximum absolute atomic E-state index is 15.0. The van der Waals surface area contributed by atoms with E-state index in [0.717, 1.165) is 17.0 Å². The van der Waals surface area contributed by atoms with Gasteiger partial charge in [-0.15, -0.1) is 0 Å². The molecule has 16 heteroatoms. The van der Waals surface area contributed by atoms with Gasteiger partial charge in [0.2, 0.25) is 9.84 Å². The molecule has 0 spiro atoms. The summed E-state index contributed by atoms with van der Waals surface area (Å²) in [5, 5.41) is 20.1. The standard InChI is InChI=1S/C28H27F7N2O6S/c29-26(27(30,31)32,28(33,34)35)18-5-6-19-17(15-18)4-7-20-25(19,44(42,43)21-3-1-2-13-36-21)12-14-37(20)23(40)24(41)10-8-16(9-11-24)22(38)39/h1-3,5-6,13,15-16,20,41H,4,7-12,14H2,(H,38,39). The molecule has 0 bridgehead atoms. The number of amides is 1. The van der Waals surface area contributed by atoms with E-state index in [-0.39, 0.29) is 68.7 Å². The highest BCUT2D eigenvalue weighted by molar-refractivity contribution is 7.92. The van der Waals surface area contributed by atoms with E-state index in [9.17, 15) is 59.0 Å². The average Bonchev–Trinajstić information content (AvgIpc) is 3.37. The molecular weight excluding hydrogens is 625 g/mol. The van der Waals surface area contributed by atoms with E-state index in [0.29, 0.717) is 6.07 Å². The lowest BCUT2D eigenvalue weighted by molar-refractivity contribution is -0.348. The number of benzene rings is 1. The summed E-state index contributed by atoms with van der Waals surface area (Å²) in [7, 11) is -4.62. The number of pyridine rings is 1. The molecule has 1 amide bonds. The number of carbonyl (C=O) groups excluding carboxylic acids is 1. The number of hydrogen-bond acceptors (Lipinski definition) is 6. The molecule has 240 valence electrons. The largest absolute Gasteiger partial charge is 0.481 e. The van der Waals surface area contributed by atoms with Gasteiger partial charge in [-0.25, -0.2) is 17.8 Å². The second-order valence-electron chi connectivity index (χ2n) is 11.5. The van der Waals surface area contributed by atoms with Crippen LogP contribution < -0.4 is 0 Å². The van der Waals surface area contributed by atoms with Gasteiger partial charge in [-0.2, -0.15) is 26.3 Å².